The topological polar surface area (TPSA) is 66.4 Å². The number of aromatic nitrogens is 3. The van der Waals surface area contributed by atoms with Crippen LogP contribution in [0, 0.1) is 0 Å². The lowest BCUT2D eigenvalue weighted by Gasteiger charge is -2.10. The number of rotatable bonds is 30. The quantitative estimate of drug-likeness (QED) is 0.0889. The van der Waals surface area contributed by atoms with E-state index in [4.69, 9.17) is 14.2 Å². The fourth-order valence-corrected chi connectivity index (χ4v) is 4.71. The van der Waals surface area contributed by atoms with E-state index in [-0.39, 0.29) is 0 Å². The fraction of sp³-hybridized carbons (Fsp3) is 0.909. The van der Waals surface area contributed by atoms with E-state index in [2.05, 4.69) is 35.7 Å². The van der Waals surface area contributed by atoms with E-state index in [9.17, 15) is 0 Å². The van der Waals surface area contributed by atoms with Crippen molar-refractivity contribution in [1.82, 2.24) is 15.0 Å². The van der Waals surface area contributed by atoms with Crippen LogP contribution in [0.25, 0.3) is 0 Å². The van der Waals surface area contributed by atoms with Crippen LogP contribution in [0.5, 0.6) is 18.0 Å². The molecule has 1 aromatic rings. The van der Waals surface area contributed by atoms with Crippen molar-refractivity contribution < 1.29 is 14.2 Å². The highest BCUT2D eigenvalue weighted by atomic mass is 16.5. The first-order valence-corrected chi connectivity index (χ1v) is 16.9. The molecule has 0 spiro atoms. The predicted octanol–water partition coefficient (Wildman–Crippen LogP) is 10.4. The van der Waals surface area contributed by atoms with Gasteiger partial charge in [0.1, 0.15) is 0 Å². The summed E-state index contributed by atoms with van der Waals surface area (Å²) in [6.45, 7) is 8.64. The molecule has 0 fully saturated rings. The standard InChI is InChI=1S/C33H63N3O3/c1-4-7-10-13-16-19-22-25-28-37-31-34-32(38-29-26-23-20-17-14-11-8-5-2)36-33(35-31)39-30-27-24-21-18-15-12-9-6-3/h4-30H2,1-3H3. The minimum absolute atomic E-state index is 0.324. The third-order valence-electron chi connectivity index (χ3n) is 7.26. The van der Waals surface area contributed by atoms with Gasteiger partial charge >= 0.3 is 18.0 Å². The number of ether oxygens (including phenoxy) is 3. The molecule has 228 valence electrons. The Kier molecular flexibility index (Phi) is 25.4. The van der Waals surface area contributed by atoms with Gasteiger partial charge in [-0.25, -0.2) is 0 Å². The molecule has 0 unspecified atom stereocenters. The van der Waals surface area contributed by atoms with Gasteiger partial charge < -0.3 is 14.2 Å². The second kappa shape index (κ2) is 28.0. The Labute approximate surface area is 241 Å². The monoisotopic (exact) mass is 549 g/mol. The highest BCUT2D eigenvalue weighted by Crippen LogP contribution is 2.17. The van der Waals surface area contributed by atoms with Crippen molar-refractivity contribution in [2.75, 3.05) is 19.8 Å². The summed E-state index contributed by atoms with van der Waals surface area (Å²) in [5, 5.41) is 0. The molecule has 0 saturated heterocycles. The maximum atomic E-state index is 5.89. The third-order valence-corrected chi connectivity index (χ3v) is 7.26. The molecule has 0 N–H and O–H groups in total. The minimum Gasteiger partial charge on any atom is -0.463 e. The van der Waals surface area contributed by atoms with Crippen molar-refractivity contribution in [1.29, 1.82) is 0 Å². The van der Waals surface area contributed by atoms with Crippen molar-refractivity contribution in [3.05, 3.63) is 0 Å². The highest BCUT2D eigenvalue weighted by Gasteiger charge is 2.10. The predicted molar refractivity (Wildman–Crippen MR) is 164 cm³/mol. The van der Waals surface area contributed by atoms with Gasteiger partial charge in [-0.15, -0.1) is 15.0 Å². The van der Waals surface area contributed by atoms with Crippen LogP contribution in [0.3, 0.4) is 0 Å². The lowest BCUT2D eigenvalue weighted by molar-refractivity contribution is 0.227. The van der Waals surface area contributed by atoms with E-state index in [1.807, 2.05) is 0 Å². The summed E-state index contributed by atoms with van der Waals surface area (Å²) < 4.78 is 17.7. The first-order valence-electron chi connectivity index (χ1n) is 16.9. The van der Waals surface area contributed by atoms with E-state index < -0.39 is 0 Å². The Morgan fingerprint density at radius 1 is 0.308 bits per heavy atom. The van der Waals surface area contributed by atoms with Gasteiger partial charge in [-0.05, 0) is 19.3 Å². The second-order valence-electron chi connectivity index (χ2n) is 11.2. The fourth-order valence-electron chi connectivity index (χ4n) is 4.71. The minimum atomic E-state index is 0.324. The second-order valence-corrected chi connectivity index (χ2v) is 11.2. The molecule has 1 aromatic heterocycles. The van der Waals surface area contributed by atoms with Crippen LogP contribution in [-0.2, 0) is 0 Å². The summed E-state index contributed by atoms with van der Waals surface area (Å²) in [6, 6.07) is 0.972. The summed E-state index contributed by atoms with van der Waals surface area (Å²) in [5.41, 5.74) is 0. The van der Waals surface area contributed by atoms with Crippen molar-refractivity contribution in [3.8, 4) is 18.0 Å². The molecule has 6 nitrogen and oxygen atoms in total. The maximum absolute atomic E-state index is 5.89. The largest absolute Gasteiger partial charge is 0.463 e. The number of hydrogen-bond acceptors (Lipinski definition) is 6. The van der Waals surface area contributed by atoms with Gasteiger partial charge in [-0.1, -0.05) is 156 Å². The van der Waals surface area contributed by atoms with Gasteiger partial charge in [0.2, 0.25) is 0 Å². The van der Waals surface area contributed by atoms with E-state index >= 15 is 0 Å². The van der Waals surface area contributed by atoms with Gasteiger partial charge in [0, 0.05) is 0 Å². The average Bonchev–Trinajstić information content (AvgIpc) is 2.94. The average molecular weight is 550 g/mol. The molecule has 0 aliphatic heterocycles. The van der Waals surface area contributed by atoms with Crippen LogP contribution < -0.4 is 14.2 Å². The Bertz CT molecular complexity index is 547. The molecule has 0 bridgehead atoms. The van der Waals surface area contributed by atoms with Gasteiger partial charge in [0.25, 0.3) is 0 Å². The van der Waals surface area contributed by atoms with Crippen LogP contribution >= 0.6 is 0 Å². The Morgan fingerprint density at radius 2 is 0.513 bits per heavy atom. The summed E-state index contributed by atoms with van der Waals surface area (Å²) in [6.07, 6.45) is 30.5. The van der Waals surface area contributed by atoms with Gasteiger partial charge in [-0.2, -0.15) is 0 Å². The number of hydrogen-bond donors (Lipinski definition) is 0. The Balaban J connectivity index is 2.38. The summed E-state index contributed by atoms with van der Waals surface area (Å²) in [7, 11) is 0. The van der Waals surface area contributed by atoms with Crippen LogP contribution in [0.4, 0.5) is 0 Å². The number of nitrogens with zero attached hydrogens (tertiary/aromatic N) is 3. The van der Waals surface area contributed by atoms with Crippen LogP contribution in [0.2, 0.25) is 0 Å². The van der Waals surface area contributed by atoms with Crippen molar-refractivity contribution in [3.63, 3.8) is 0 Å². The third kappa shape index (κ3) is 22.9. The zero-order chi connectivity index (χ0) is 28.1. The van der Waals surface area contributed by atoms with Crippen molar-refractivity contribution in [2.24, 2.45) is 0 Å². The number of unbranched alkanes of at least 4 members (excludes halogenated alkanes) is 21. The van der Waals surface area contributed by atoms with E-state index in [0.717, 1.165) is 19.3 Å². The SMILES string of the molecule is CCCCCCCCCCOc1nc(OCCCCCCCCCC)nc(OCCCCCCCCCC)n1. The van der Waals surface area contributed by atoms with Gasteiger partial charge in [-0.3, -0.25) is 0 Å². The van der Waals surface area contributed by atoms with E-state index in [1.165, 1.54) is 135 Å². The molecule has 6 heteroatoms. The van der Waals surface area contributed by atoms with E-state index in [1.54, 1.807) is 0 Å². The molecule has 0 aliphatic rings. The maximum Gasteiger partial charge on any atom is 0.325 e. The first kappa shape index (κ1) is 35.4. The lowest BCUT2D eigenvalue weighted by Crippen LogP contribution is -2.09. The molecule has 0 amide bonds. The molecular weight excluding hydrogens is 486 g/mol. The molecule has 0 aromatic carbocycles. The van der Waals surface area contributed by atoms with Crippen LogP contribution in [0.1, 0.15) is 175 Å². The zero-order valence-electron chi connectivity index (χ0n) is 26.2. The van der Waals surface area contributed by atoms with E-state index in [0.29, 0.717) is 37.9 Å². The summed E-state index contributed by atoms with van der Waals surface area (Å²) in [4.78, 5) is 13.2. The summed E-state index contributed by atoms with van der Waals surface area (Å²) in [5.74, 6) is 0. The van der Waals surface area contributed by atoms with Crippen molar-refractivity contribution >= 4 is 0 Å². The molecule has 39 heavy (non-hydrogen) atoms. The molecule has 0 aliphatic carbocycles. The van der Waals surface area contributed by atoms with Crippen LogP contribution in [-0.4, -0.2) is 34.8 Å². The zero-order valence-corrected chi connectivity index (χ0v) is 26.2. The molecule has 0 radical (unpaired) electrons. The highest BCUT2D eigenvalue weighted by molar-refractivity contribution is 5.09. The molecule has 0 saturated carbocycles. The first-order chi connectivity index (χ1) is 19.3. The molecule has 0 atom stereocenters. The van der Waals surface area contributed by atoms with Crippen LogP contribution in [0.15, 0.2) is 0 Å². The molecular formula is C33H63N3O3. The normalized spacial score (nSPS) is 11.2. The molecule has 1 rings (SSSR count). The van der Waals surface area contributed by atoms with Gasteiger partial charge in [0.15, 0.2) is 0 Å². The Morgan fingerprint density at radius 3 is 0.744 bits per heavy atom. The Hall–Kier alpha value is -1.59. The smallest absolute Gasteiger partial charge is 0.325 e. The van der Waals surface area contributed by atoms with Crippen molar-refractivity contribution in [2.45, 2.75) is 175 Å². The lowest BCUT2D eigenvalue weighted by atomic mass is 10.1. The summed E-state index contributed by atoms with van der Waals surface area (Å²) >= 11 is 0. The molecule has 1 heterocycles. The van der Waals surface area contributed by atoms with Gasteiger partial charge in [0.05, 0.1) is 19.8 Å².